The van der Waals surface area contributed by atoms with Crippen molar-refractivity contribution in [3.05, 3.63) is 39.7 Å². The number of hydrogen-bond acceptors (Lipinski definition) is 4. The summed E-state index contributed by atoms with van der Waals surface area (Å²) in [4.78, 5) is 4.67. The molecule has 1 unspecified atom stereocenters. The van der Waals surface area contributed by atoms with Crippen LogP contribution in [0.1, 0.15) is 56.0 Å². The Hall–Kier alpha value is -1.13. The summed E-state index contributed by atoms with van der Waals surface area (Å²) in [5, 5.41) is 3.20. The molecular formula is C15H22N2OS. The lowest BCUT2D eigenvalue weighted by Crippen LogP contribution is -2.14. The molecule has 0 bridgehead atoms. The van der Waals surface area contributed by atoms with Crippen LogP contribution in [0.5, 0.6) is 0 Å². The Morgan fingerprint density at radius 3 is 2.63 bits per heavy atom. The van der Waals surface area contributed by atoms with Crippen molar-refractivity contribution in [3.63, 3.8) is 0 Å². The molecule has 0 amide bonds. The molecule has 0 aliphatic rings. The van der Waals surface area contributed by atoms with Gasteiger partial charge in [-0.25, -0.2) is 4.98 Å². The van der Waals surface area contributed by atoms with Crippen LogP contribution in [0.2, 0.25) is 0 Å². The second-order valence-electron chi connectivity index (χ2n) is 5.84. The molecule has 3 nitrogen and oxygen atoms in total. The molecule has 0 radical (unpaired) electrons. The number of nitrogens with two attached hydrogens (primary N) is 1. The van der Waals surface area contributed by atoms with Gasteiger partial charge in [0, 0.05) is 23.6 Å². The first kappa shape index (κ1) is 14.3. The minimum atomic E-state index is -0.112. The summed E-state index contributed by atoms with van der Waals surface area (Å²) in [7, 11) is 0. The zero-order valence-corrected chi connectivity index (χ0v) is 12.9. The van der Waals surface area contributed by atoms with Gasteiger partial charge in [0.1, 0.15) is 11.5 Å². The molecule has 19 heavy (non-hydrogen) atoms. The molecule has 0 aliphatic carbocycles. The number of nitrogens with zero attached hydrogens (tertiary/aromatic N) is 1. The Morgan fingerprint density at radius 1 is 1.37 bits per heavy atom. The fourth-order valence-corrected chi connectivity index (χ4v) is 2.90. The highest BCUT2D eigenvalue weighted by Crippen LogP contribution is 2.26. The van der Waals surface area contributed by atoms with E-state index < -0.39 is 0 Å². The predicted octanol–water partition coefficient (Wildman–Crippen LogP) is 3.84. The smallest absolute Gasteiger partial charge is 0.121 e. The van der Waals surface area contributed by atoms with E-state index in [4.69, 9.17) is 10.2 Å². The quantitative estimate of drug-likeness (QED) is 0.924. The third-order valence-electron chi connectivity index (χ3n) is 3.11. The molecule has 0 aromatic carbocycles. The third-order valence-corrected chi connectivity index (χ3v) is 3.98. The lowest BCUT2D eigenvalue weighted by Gasteiger charge is -2.14. The maximum Gasteiger partial charge on any atom is 0.121 e. The molecule has 2 rings (SSSR count). The largest absolute Gasteiger partial charge is 0.464 e. The van der Waals surface area contributed by atoms with Crippen molar-refractivity contribution in [3.8, 4) is 0 Å². The van der Waals surface area contributed by atoms with Crippen LogP contribution in [0, 0.1) is 0 Å². The highest BCUT2D eigenvalue weighted by atomic mass is 32.1. The molecule has 0 saturated heterocycles. The molecule has 4 heteroatoms. The fourth-order valence-electron chi connectivity index (χ4n) is 1.82. The van der Waals surface area contributed by atoms with E-state index in [-0.39, 0.29) is 11.5 Å². The molecule has 1 atom stereocenters. The van der Waals surface area contributed by atoms with Crippen molar-refractivity contribution in [2.45, 2.75) is 52.0 Å². The van der Waals surface area contributed by atoms with E-state index in [2.05, 4.69) is 38.1 Å². The van der Waals surface area contributed by atoms with Crippen LogP contribution in [0.4, 0.5) is 0 Å². The van der Waals surface area contributed by atoms with Crippen LogP contribution in [0.15, 0.2) is 21.9 Å². The molecule has 2 N–H and O–H groups in total. The summed E-state index contributed by atoms with van der Waals surface area (Å²) in [5.41, 5.74) is 7.42. The van der Waals surface area contributed by atoms with E-state index >= 15 is 0 Å². The van der Waals surface area contributed by atoms with Gasteiger partial charge in [-0.3, -0.25) is 0 Å². The lowest BCUT2D eigenvalue weighted by molar-refractivity contribution is 0.434. The van der Waals surface area contributed by atoms with E-state index in [0.717, 1.165) is 35.1 Å². The van der Waals surface area contributed by atoms with E-state index in [9.17, 15) is 0 Å². The second kappa shape index (κ2) is 5.47. The van der Waals surface area contributed by atoms with E-state index in [0.29, 0.717) is 0 Å². The van der Waals surface area contributed by atoms with Gasteiger partial charge in [-0.1, -0.05) is 27.7 Å². The summed E-state index contributed by atoms with van der Waals surface area (Å²) in [6.45, 7) is 8.59. The molecule has 0 saturated carbocycles. The van der Waals surface area contributed by atoms with Crippen LogP contribution >= 0.6 is 11.3 Å². The Balaban J connectivity index is 2.06. The van der Waals surface area contributed by atoms with Gasteiger partial charge in [0.2, 0.25) is 0 Å². The highest BCUT2D eigenvalue weighted by Gasteiger charge is 2.19. The Morgan fingerprint density at radius 2 is 2.11 bits per heavy atom. The normalized spacial score (nSPS) is 13.7. The van der Waals surface area contributed by atoms with Gasteiger partial charge in [-0.2, -0.15) is 0 Å². The minimum Gasteiger partial charge on any atom is -0.464 e. The van der Waals surface area contributed by atoms with Crippen LogP contribution in [0.25, 0.3) is 0 Å². The van der Waals surface area contributed by atoms with Gasteiger partial charge in [-0.05, 0) is 12.1 Å². The van der Waals surface area contributed by atoms with Crippen molar-refractivity contribution in [2.24, 2.45) is 5.73 Å². The Labute approximate surface area is 118 Å². The molecule has 104 valence electrons. The number of aromatic nitrogens is 1. The van der Waals surface area contributed by atoms with E-state index in [1.807, 2.05) is 12.1 Å². The van der Waals surface area contributed by atoms with Crippen molar-refractivity contribution >= 4 is 11.3 Å². The molecule has 0 fully saturated rings. The summed E-state index contributed by atoms with van der Waals surface area (Å²) >= 11 is 1.68. The van der Waals surface area contributed by atoms with Crippen molar-refractivity contribution in [1.29, 1.82) is 0 Å². The van der Waals surface area contributed by atoms with Gasteiger partial charge in [-0.15, -0.1) is 11.3 Å². The first-order valence-electron chi connectivity index (χ1n) is 6.69. The van der Waals surface area contributed by atoms with Crippen molar-refractivity contribution in [2.75, 3.05) is 0 Å². The topological polar surface area (TPSA) is 52.0 Å². The van der Waals surface area contributed by atoms with Crippen LogP contribution in [-0.4, -0.2) is 4.98 Å². The SMILES string of the molecule is CCc1ccc(C(N)Cc2nc(C(C)(C)C)cs2)o1. The highest BCUT2D eigenvalue weighted by molar-refractivity contribution is 7.09. The van der Waals surface area contributed by atoms with E-state index in [1.165, 1.54) is 0 Å². The van der Waals surface area contributed by atoms with Gasteiger partial charge < -0.3 is 10.2 Å². The van der Waals surface area contributed by atoms with E-state index in [1.54, 1.807) is 11.3 Å². The van der Waals surface area contributed by atoms with Gasteiger partial charge in [0.05, 0.1) is 16.7 Å². The molecule has 0 aliphatic heterocycles. The van der Waals surface area contributed by atoms with Crippen LogP contribution in [-0.2, 0) is 18.3 Å². The summed E-state index contributed by atoms with van der Waals surface area (Å²) < 4.78 is 5.69. The molecule has 2 heterocycles. The summed E-state index contributed by atoms with van der Waals surface area (Å²) in [5.74, 6) is 1.84. The lowest BCUT2D eigenvalue weighted by atomic mass is 9.93. The number of hydrogen-bond donors (Lipinski definition) is 1. The third kappa shape index (κ3) is 3.45. The second-order valence-corrected chi connectivity index (χ2v) is 6.79. The number of rotatable bonds is 4. The van der Waals surface area contributed by atoms with Gasteiger partial charge in [0.15, 0.2) is 0 Å². The molecule has 2 aromatic heterocycles. The molecule has 0 spiro atoms. The number of thiazole rings is 1. The molecular weight excluding hydrogens is 256 g/mol. The summed E-state index contributed by atoms with van der Waals surface area (Å²) in [6.07, 6.45) is 1.63. The maximum atomic E-state index is 6.19. The zero-order valence-electron chi connectivity index (χ0n) is 12.1. The maximum absolute atomic E-state index is 6.19. The van der Waals surface area contributed by atoms with Gasteiger partial charge >= 0.3 is 0 Å². The summed E-state index contributed by atoms with van der Waals surface area (Å²) in [6, 6.07) is 3.86. The first-order chi connectivity index (χ1) is 8.90. The Bertz CT molecular complexity index is 536. The number of furan rings is 1. The van der Waals surface area contributed by atoms with Crippen molar-refractivity contribution in [1.82, 2.24) is 4.98 Å². The standard InChI is InChI=1S/C15H22N2OS/c1-5-10-6-7-12(18-10)11(16)8-14-17-13(9-19-14)15(2,3)4/h6-7,9,11H,5,8,16H2,1-4H3. The fraction of sp³-hybridized carbons (Fsp3) is 0.533. The predicted molar refractivity (Wildman–Crippen MR) is 79.5 cm³/mol. The first-order valence-corrected chi connectivity index (χ1v) is 7.57. The van der Waals surface area contributed by atoms with Crippen LogP contribution in [0.3, 0.4) is 0 Å². The average molecular weight is 278 g/mol. The van der Waals surface area contributed by atoms with Gasteiger partial charge in [0.25, 0.3) is 0 Å². The zero-order chi connectivity index (χ0) is 14.0. The number of aryl methyl sites for hydroxylation is 1. The van der Waals surface area contributed by atoms with Crippen LogP contribution < -0.4 is 5.73 Å². The molecule has 2 aromatic rings. The average Bonchev–Trinajstić information content (AvgIpc) is 2.95. The Kier molecular flexibility index (Phi) is 4.11. The van der Waals surface area contributed by atoms with Crippen molar-refractivity contribution < 1.29 is 4.42 Å². The monoisotopic (exact) mass is 278 g/mol. The minimum absolute atomic E-state index is 0.0961.